The largest absolute Gasteiger partial charge is 0.377 e. The number of hydrogen-bond donors (Lipinski definition) is 0. The van der Waals surface area contributed by atoms with E-state index >= 15 is 0 Å². The van der Waals surface area contributed by atoms with Crippen LogP contribution in [0, 0.1) is 11.6 Å². The lowest BCUT2D eigenvalue weighted by atomic mass is 10.0. The van der Waals surface area contributed by atoms with Gasteiger partial charge in [0, 0.05) is 12.1 Å². The Bertz CT molecular complexity index is 691. The topological polar surface area (TPSA) is 29.5 Å². The molecule has 0 radical (unpaired) electrons. The molecule has 23 heavy (non-hydrogen) atoms. The monoisotopic (exact) mass is 317 g/mol. The highest BCUT2D eigenvalue weighted by Crippen LogP contribution is 2.18. The Morgan fingerprint density at radius 3 is 2.65 bits per heavy atom. The molecule has 2 aromatic rings. The summed E-state index contributed by atoms with van der Waals surface area (Å²) in [6.07, 6.45) is 0.663. The maximum atomic E-state index is 13.4. The predicted molar refractivity (Wildman–Crippen MR) is 82.1 cm³/mol. The second-order valence-corrected chi connectivity index (χ2v) is 5.55. The second kappa shape index (κ2) is 6.87. The highest BCUT2D eigenvalue weighted by Gasteiger charge is 2.28. The fourth-order valence-corrected chi connectivity index (χ4v) is 2.77. The molecule has 1 fully saturated rings. The number of benzene rings is 2. The zero-order chi connectivity index (χ0) is 16.2. The summed E-state index contributed by atoms with van der Waals surface area (Å²) in [5.41, 5.74) is 1.26. The molecule has 0 spiro atoms. The zero-order valence-electron chi connectivity index (χ0n) is 12.5. The average Bonchev–Trinajstić information content (AvgIpc) is 2.58. The van der Waals surface area contributed by atoms with Crippen molar-refractivity contribution in [2.45, 2.75) is 12.5 Å². The van der Waals surface area contributed by atoms with Gasteiger partial charge in [0.1, 0.15) is 0 Å². The fourth-order valence-electron chi connectivity index (χ4n) is 2.77. The Morgan fingerprint density at radius 2 is 1.91 bits per heavy atom. The number of carbonyl (C=O) groups is 1. The van der Waals surface area contributed by atoms with E-state index in [1.165, 1.54) is 6.07 Å². The third-order valence-corrected chi connectivity index (χ3v) is 3.97. The molecular formula is C18H17F2NO2. The van der Waals surface area contributed by atoms with Crippen LogP contribution in [-0.2, 0) is 11.2 Å². The van der Waals surface area contributed by atoms with Crippen LogP contribution in [0.25, 0.3) is 0 Å². The Kier molecular flexibility index (Phi) is 4.67. The summed E-state index contributed by atoms with van der Waals surface area (Å²) >= 11 is 0. The van der Waals surface area contributed by atoms with E-state index in [0.29, 0.717) is 26.2 Å². The van der Waals surface area contributed by atoms with Crippen LogP contribution in [0.2, 0.25) is 0 Å². The van der Waals surface area contributed by atoms with Gasteiger partial charge in [-0.2, -0.15) is 0 Å². The Labute approximate surface area is 133 Å². The van der Waals surface area contributed by atoms with Crippen LogP contribution in [0.4, 0.5) is 8.78 Å². The van der Waals surface area contributed by atoms with E-state index in [0.717, 1.165) is 17.7 Å². The molecule has 1 atom stereocenters. The number of halogens is 2. The molecule has 0 aromatic heterocycles. The van der Waals surface area contributed by atoms with Gasteiger partial charge in [0.25, 0.3) is 5.91 Å². The van der Waals surface area contributed by atoms with Crippen molar-refractivity contribution in [1.82, 2.24) is 4.90 Å². The summed E-state index contributed by atoms with van der Waals surface area (Å²) in [5.74, 6) is -2.26. The van der Waals surface area contributed by atoms with Crippen LogP contribution in [0.1, 0.15) is 15.9 Å². The predicted octanol–water partition coefficient (Wildman–Crippen LogP) is 3.05. The first-order chi connectivity index (χ1) is 11.1. The average molecular weight is 317 g/mol. The summed E-state index contributed by atoms with van der Waals surface area (Å²) in [6.45, 7) is 1.32. The molecular weight excluding hydrogens is 300 g/mol. The third-order valence-electron chi connectivity index (χ3n) is 3.97. The van der Waals surface area contributed by atoms with E-state index < -0.39 is 11.6 Å². The lowest BCUT2D eigenvalue weighted by Crippen LogP contribution is -2.49. The number of amides is 1. The molecule has 0 bridgehead atoms. The maximum Gasteiger partial charge on any atom is 0.254 e. The smallest absolute Gasteiger partial charge is 0.254 e. The second-order valence-electron chi connectivity index (χ2n) is 5.55. The van der Waals surface area contributed by atoms with Crippen molar-refractivity contribution in [3.8, 4) is 0 Å². The van der Waals surface area contributed by atoms with Gasteiger partial charge in [-0.15, -0.1) is 0 Å². The van der Waals surface area contributed by atoms with Gasteiger partial charge in [-0.1, -0.05) is 30.3 Å². The van der Waals surface area contributed by atoms with Crippen molar-refractivity contribution < 1.29 is 18.3 Å². The molecule has 1 unspecified atom stereocenters. The van der Waals surface area contributed by atoms with Crippen molar-refractivity contribution in [2.24, 2.45) is 0 Å². The van der Waals surface area contributed by atoms with Crippen LogP contribution >= 0.6 is 0 Å². The molecule has 1 amide bonds. The van der Waals surface area contributed by atoms with E-state index in [9.17, 15) is 13.6 Å². The molecule has 1 heterocycles. The minimum absolute atomic E-state index is 0.119. The molecule has 3 nitrogen and oxygen atoms in total. The van der Waals surface area contributed by atoms with Gasteiger partial charge in [0.2, 0.25) is 0 Å². The van der Waals surface area contributed by atoms with Gasteiger partial charge in [0.05, 0.1) is 19.3 Å². The quantitative estimate of drug-likeness (QED) is 0.871. The van der Waals surface area contributed by atoms with Gasteiger partial charge < -0.3 is 9.64 Å². The van der Waals surface area contributed by atoms with Gasteiger partial charge in [-0.25, -0.2) is 8.78 Å². The summed E-state index contributed by atoms with van der Waals surface area (Å²) < 4.78 is 31.9. The number of nitrogens with zero attached hydrogens (tertiary/aromatic N) is 1. The number of ether oxygens (including phenoxy) is 1. The van der Waals surface area contributed by atoms with Gasteiger partial charge in [-0.05, 0) is 30.2 Å². The summed E-state index contributed by atoms with van der Waals surface area (Å²) in [4.78, 5) is 14.3. The standard InChI is InChI=1S/C18H17F2NO2/c19-16-7-6-14(11-17(16)20)18(22)21-8-9-23-12-15(21)10-13-4-2-1-3-5-13/h1-7,11,15H,8-10,12H2. The highest BCUT2D eigenvalue weighted by atomic mass is 19.2. The van der Waals surface area contributed by atoms with Gasteiger partial charge >= 0.3 is 0 Å². The first kappa shape index (κ1) is 15.6. The molecule has 2 aromatic carbocycles. The van der Waals surface area contributed by atoms with E-state index in [-0.39, 0.29) is 17.5 Å². The Hall–Kier alpha value is -2.27. The van der Waals surface area contributed by atoms with E-state index in [2.05, 4.69) is 0 Å². The summed E-state index contributed by atoms with van der Waals surface area (Å²) in [7, 11) is 0. The SMILES string of the molecule is O=C(c1ccc(F)c(F)c1)N1CCOCC1Cc1ccccc1. The van der Waals surface area contributed by atoms with Crippen molar-refractivity contribution in [3.63, 3.8) is 0 Å². The van der Waals surface area contributed by atoms with Gasteiger partial charge in [-0.3, -0.25) is 4.79 Å². The minimum Gasteiger partial charge on any atom is -0.377 e. The Morgan fingerprint density at radius 1 is 1.13 bits per heavy atom. The first-order valence-electron chi connectivity index (χ1n) is 7.53. The molecule has 1 aliphatic rings. The van der Waals surface area contributed by atoms with E-state index in [1.54, 1.807) is 4.90 Å². The molecule has 0 aliphatic carbocycles. The molecule has 1 aliphatic heterocycles. The highest BCUT2D eigenvalue weighted by molar-refractivity contribution is 5.94. The van der Waals surface area contributed by atoms with Crippen LogP contribution in [0.3, 0.4) is 0 Å². The molecule has 0 N–H and O–H groups in total. The molecule has 0 saturated carbocycles. The van der Waals surface area contributed by atoms with Crippen molar-refractivity contribution in [1.29, 1.82) is 0 Å². The third kappa shape index (κ3) is 3.56. The maximum absolute atomic E-state index is 13.4. The van der Waals surface area contributed by atoms with E-state index in [4.69, 9.17) is 4.74 Å². The molecule has 5 heteroatoms. The van der Waals surface area contributed by atoms with Crippen molar-refractivity contribution in [3.05, 3.63) is 71.3 Å². The molecule has 120 valence electrons. The van der Waals surface area contributed by atoms with E-state index in [1.807, 2.05) is 30.3 Å². The summed E-state index contributed by atoms with van der Waals surface area (Å²) in [6, 6.07) is 12.9. The first-order valence-corrected chi connectivity index (χ1v) is 7.53. The normalized spacial score (nSPS) is 18.0. The minimum atomic E-state index is -1.01. The van der Waals surface area contributed by atoms with Gasteiger partial charge in [0.15, 0.2) is 11.6 Å². The van der Waals surface area contributed by atoms with Crippen LogP contribution < -0.4 is 0 Å². The van der Waals surface area contributed by atoms with Crippen LogP contribution in [0.5, 0.6) is 0 Å². The number of hydrogen-bond acceptors (Lipinski definition) is 2. The Balaban J connectivity index is 1.80. The van der Waals surface area contributed by atoms with Crippen molar-refractivity contribution >= 4 is 5.91 Å². The fraction of sp³-hybridized carbons (Fsp3) is 0.278. The van der Waals surface area contributed by atoms with Crippen LogP contribution in [0.15, 0.2) is 48.5 Å². The molecule has 1 saturated heterocycles. The number of rotatable bonds is 3. The number of morpholine rings is 1. The molecule has 3 rings (SSSR count). The zero-order valence-corrected chi connectivity index (χ0v) is 12.5. The van der Waals surface area contributed by atoms with Crippen molar-refractivity contribution in [2.75, 3.05) is 19.8 Å². The lowest BCUT2D eigenvalue weighted by molar-refractivity contribution is -0.00166. The number of carbonyl (C=O) groups excluding carboxylic acids is 1. The van der Waals surface area contributed by atoms with Crippen LogP contribution in [-0.4, -0.2) is 36.6 Å². The lowest BCUT2D eigenvalue weighted by Gasteiger charge is -2.36. The summed E-state index contributed by atoms with van der Waals surface area (Å²) in [5, 5.41) is 0.